The molecule has 2 aliphatic heterocycles. The average molecular weight is 763 g/mol. The largest absolute Gasteiger partial charge is 0.466 e. The number of carbonyl (C=O) groups is 1. The van der Waals surface area contributed by atoms with Crippen molar-refractivity contribution < 1.29 is 49.5 Å². The fourth-order valence-electron chi connectivity index (χ4n) is 10.0. The van der Waals surface area contributed by atoms with Crippen LogP contribution in [-0.4, -0.2) is 92.3 Å². The highest BCUT2D eigenvalue weighted by atomic mass is 32.2. The molecule has 0 amide bonds. The van der Waals surface area contributed by atoms with E-state index in [0.717, 1.165) is 82.8 Å². The molecule has 12 heteroatoms. The number of unbranched alkanes of at least 4 members (excludes halogenated alkanes) is 3. The van der Waals surface area contributed by atoms with Crippen LogP contribution in [0.25, 0.3) is 0 Å². The molecule has 2 saturated heterocycles. The standard InChI is InChI=1S/C39H70O10S2/c1-25-11-15-33(38(48-43)23-46-27(3)13-17-31(25)38)29(5)36(41)50-21-10-8-7-9-20-45-35(40)19-22-51-37(42)30(6)34-16-12-26(2)32-18-14-28(4)47-24-39(32,34)49-44/h25-34,36-37,41-44H,7-24H2,1-6H3/t25-,26-,27+,28+,29-,30-,31+,32+,33+,34+,36+,37+,38-,39-/m1/s1. The molecule has 10 nitrogen and oxygen atoms in total. The van der Waals surface area contributed by atoms with Gasteiger partial charge in [0.25, 0.3) is 0 Å². The van der Waals surface area contributed by atoms with Crippen molar-refractivity contribution in [2.75, 3.05) is 31.3 Å². The quantitative estimate of drug-likeness (QED) is 0.0353. The molecule has 51 heavy (non-hydrogen) atoms. The lowest BCUT2D eigenvalue weighted by Gasteiger charge is -2.51. The van der Waals surface area contributed by atoms with E-state index in [1.807, 2.05) is 6.92 Å². The van der Waals surface area contributed by atoms with Gasteiger partial charge in [-0.3, -0.25) is 15.3 Å². The summed E-state index contributed by atoms with van der Waals surface area (Å²) in [6.07, 6.45) is 11.8. The molecule has 4 fully saturated rings. The first-order valence-corrected chi connectivity index (χ1v) is 22.1. The van der Waals surface area contributed by atoms with Crippen LogP contribution in [-0.2, 0) is 28.8 Å². The Hall–Kier alpha value is -0.150. The highest BCUT2D eigenvalue weighted by Crippen LogP contribution is 2.53. The predicted molar refractivity (Wildman–Crippen MR) is 202 cm³/mol. The van der Waals surface area contributed by atoms with E-state index in [2.05, 4.69) is 34.6 Å². The van der Waals surface area contributed by atoms with Crippen LogP contribution in [0.5, 0.6) is 0 Å². The smallest absolute Gasteiger partial charge is 0.306 e. The monoisotopic (exact) mass is 762 g/mol. The van der Waals surface area contributed by atoms with Crippen LogP contribution in [0.15, 0.2) is 0 Å². The van der Waals surface area contributed by atoms with Crippen molar-refractivity contribution in [2.24, 2.45) is 47.3 Å². The first kappa shape index (κ1) is 43.6. The molecule has 14 atom stereocenters. The lowest BCUT2D eigenvalue weighted by atomic mass is 9.60. The zero-order valence-corrected chi connectivity index (χ0v) is 33.8. The number of carbonyl (C=O) groups excluding carboxylic acids is 1. The predicted octanol–water partition coefficient (Wildman–Crippen LogP) is 8.03. The number of fused-ring (bicyclic) bond motifs is 2. The third-order valence-electron chi connectivity index (χ3n) is 13.4. The number of rotatable bonds is 18. The Morgan fingerprint density at radius 1 is 0.686 bits per heavy atom. The topological polar surface area (TPSA) is 144 Å². The Morgan fingerprint density at radius 3 is 1.65 bits per heavy atom. The molecule has 4 aliphatic rings. The molecule has 2 heterocycles. The minimum Gasteiger partial charge on any atom is -0.466 e. The Kier molecular flexibility index (Phi) is 17.7. The molecule has 4 rings (SSSR count). The van der Waals surface area contributed by atoms with E-state index in [1.54, 1.807) is 11.8 Å². The summed E-state index contributed by atoms with van der Waals surface area (Å²) in [5, 5.41) is 42.7. The maximum atomic E-state index is 12.4. The normalized spacial score (nSPS) is 38.3. The average Bonchev–Trinajstić information content (AvgIpc) is 3.41. The van der Waals surface area contributed by atoms with Gasteiger partial charge < -0.3 is 24.4 Å². The number of ether oxygens (including phenoxy) is 3. The van der Waals surface area contributed by atoms with Crippen LogP contribution < -0.4 is 0 Å². The molecule has 0 radical (unpaired) electrons. The number of aliphatic hydroxyl groups excluding tert-OH is 2. The first-order valence-electron chi connectivity index (χ1n) is 20.0. The minimum atomic E-state index is -0.820. The van der Waals surface area contributed by atoms with Gasteiger partial charge >= 0.3 is 5.97 Å². The summed E-state index contributed by atoms with van der Waals surface area (Å²) in [5.74, 6) is 2.12. The number of esters is 1. The summed E-state index contributed by atoms with van der Waals surface area (Å²) in [5.41, 5.74) is -2.82. The third kappa shape index (κ3) is 10.8. The molecule has 4 N–H and O–H groups in total. The maximum absolute atomic E-state index is 12.4. The van der Waals surface area contributed by atoms with Crippen LogP contribution in [0.3, 0.4) is 0 Å². The first-order chi connectivity index (χ1) is 24.4. The van der Waals surface area contributed by atoms with Gasteiger partial charge in [-0.25, -0.2) is 9.78 Å². The summed E-state index contributed by atoms with van der Waals surface area (Å²) in [7, 11) is 0. The van der Waals surface area contributed by atoms with Gasteiger partial charge in [0.05, 0.1) is 38.4 Å². The lowest BCUT2D eigenvalue weighted by Crippen LogP contribution is -2.57. The molecule has 0 unspecified atom stereocenters. The molecule has 0 aromatic heterocycles. The lowest BCUT2D eigenvalue weighted by molar-refractivity contribution is -0.376. The Bertz CT molecular complexity index is 1040. The third-order valence-corrected chi connectivity index (χ3v) is 15.9. The van der Waals surface area contributed by atoms with Crippen molar-refractivity contribution in [1.82, 2.24) is 0 Å². The van der Waals surface area contributed by atoms with Crippen molar-refractivity contribution in [2.45, 2.75) is 159 Å². The molecule has 0 bridgehead atoms. The van der Waals surface area contributed by atoms with Gasteiger partial charge in [-0.15, -0.1) is 23.5 Å². The van der Waals surface area contributed by atoms with Gasteiger partial charge in [0.15, 0.2) is 0 Å². The van der Waals surface area contributed by atoms with Crippen LogP contribution in [0, 0.1) is 47.3 Å². The number of hydrogen-bond donors (Lipinski definition) is 4. The van der Waals surface area contributed by atoms with Gasteiger partial charge in [0.1, 0.15) is 22.1 Å². The second-order valence-electron chi connectivity index (χ2n) is 16.7. The zero-order valence-electron chi connectivity index (χ0n) is 32.2. The number of aliphatic hydroxyl groups is 2. The molecule has 298 valence electrons. The highest BCUT2D eigenvalue weighted by Gasteiger charge is 2.57. The van der Waals surface area contributed by atoms with Crippen LogP contribution >= 0.6 is 23.5 Å². The SMILES string of the molecule is C[C@@H]([C@@H](O)SCCCCCCOC(=O)CCS[C@H](O)[C@H](C)[C@@H]1CC[C@@H](C)[C@@H]2CC[C@H](C)OC[C@]12OO)[C@@H]1CC[C@@H](C)[C@@H]2CC[C@H](C)OC[C@]12OO. The van der Waals surface area contributed by atoms with Gasteiger partial charge in [0.2, 0.25) is 0 Å². The summed E-state index contributed by atoms with van der Waals surface area (Å²) >= 11 is 2.94. The van der Waals surface area contributed by atoms with Gasteiger partial charge in [-0.2, -0.15) is 0 Å². The summed E-state index contributed by atoms with van der Waals surface area (Å²) < 4.78 is 17.6. The van der Waals surface area contributed by atoms with Gasteiger partial charge in [-0.05, 0) is 131 Å². The van der Waals surface area contributed by atoms with Crippen LogP contribution in [0.2, 0.25) is 0 Å². The van der Waals surface area contributed by atoms with Crippen molar-refractivity contribution in [3.05, 3.63) is 0 Å². The van der Waals surface area contributed by atoms with E-state index >= 15 is 0 Å². The highest BCUT2D eigenvalue weighted by molar-refractivity contribution is 7.99. The second-order valence-corrected chi connectivity index (χ2v) is 19.1. The molecular formula is C39H70O10S2. The summed E-state index contributed by atoms with van der Waals surface area (Å²) in [6.45, 7) is 13.8. The van der Waals surface area contributed by atoms with E-state index in [9.17, 15) is 25.5 Å². The van der Waals surface area contributed by atoms with E-state index in [1.165, 1.54) is 11.8 Å². The maximum Gasteiger partial charge on any atom is 0.306 e. The fraction of sp³-hybridized carbons (Fsp3) is 0.974. The summed E-state index contributed by atoms with van der Waals surface area (Å²) in [4.78, 5) is 23.1. The van der Waals surface area contributed by atoms with Crippen molar-refractivity contribution in [3.8, 4) is 0 Å². The van der Waals surface area contributed by atoms with Crippen molar-refractivity contribution in [3.63, 3.8) is 0 Å². The van der Waals surface area contributed by atoms with E-state index < -0.39 is 22.1 Å². The summed E-state index contributed by atoms with van der Waals surface area (Å²) in [6, 6.07) is 0. The van der Waals surface area contributed by atoms with Crippen LogP contribution in [0.1, 0.15) is 125 Å². The van der Waals surface area contributed by atoms with Crippen LogP contribution in [0.4, 0.5) is 0 Å². The minimum absolute atomic E-state index is 0.0260. The molecule has 0 aromatic carbocycles. The Labute approximate surface area is 316 Å². The zero-order chi connectivity index (χ0) is 37.2. The van der Waals surface area contributed by atoms with Gasteiger partial charge in [-0.1, -0.05) is 40.5 Å². The molecule has 2 aliphatic carbocycles. The number of hydrogen-bond acceptors (Lipinski definition) is 12. The Morgan fingerprint density at radius 2 is 1.16 bits per heavy atom. The Balaban J connectivity index is 1.09. The van der Waals surface area contributed by atoms with E-state index in [0.29, 0.717) is 37.4 Å². The van der Waals surface area contributed by atoms with E-state index in [-0.39, 0.29) is 60.1 Å². The molecule has 0 spiro atoms. The molecular weight excluding hydrogens is 693 g/mol. The van der Waals surface area contributed by atoms with Gasteiger partial charge in [0, 0.05) is 5.75 Å². The van der Waals surface area contributed by atoms with Crippen molar-refractivity contribution in [1.29, 1.82) is 0 Å². The fourth-order valence-corrected chi connectivity index (χ4v) is 12.2. The number of thioether (sulfide) groups is 2. The molecule has 0 aromatic rings. The van der Waals surface area contributed by atoms with Crippen molar-refractivity contribution >= 4 is 29.5 Å². The van der Waals surface area contributed by atoms with E-state index in [4.69, 9.17) is 24.0 Å². The molecule has 2 saturated carbocycles. The second kappa shape index (κ2) is 20.7.